The summed E-state index contributed by atoms with van der Waals surface area (Å²) in [4.78, 5) is 20.9. The molecule has 144 valence electrons. The third kappa shape index (κ3) is 4.34. The van der Waals surface area contributed by atoms with E-state index in [4.69, 9.17) is 5.11 Å². The molecule has 0 aliphatic rings. The molecule has 0 spiro atoms. The molecular weight excluding hydrogens is 371 g/mol. The topological polar surface area (TPSA) is 75.1 Å². The molecule has 5 nitrogen and oxygen atoms in total. The van der Waals surface area contributed by atoms with Gasteiger partial charge in [0.2, 0.25) is 0 Å². The standard InChI is InChI=1S/C20H16F3N3O2/c1-11-4-12(5-16(21)19(22)23)2-3-15(11)20(28)26-14-7-18-17(25-9-14)6-13(10-27)8-24-18/h2-9,19,27H,10H2,1H3,(H,26,28). The molecule has 8 heteroatoms. The number of hydrogen-bond acceptors (Lipinski definition) is 4. The number of alkyl halides is 2. The lowest BCUT2D eigenvalue weighted by Crippen LogP contribution is -2.13. The van der Waals surface area contributed by atoms with Crippen LogP contribution in [0.1, 0.15) is 27.0 Å². The fourth-order valence-electron chi connectivity index (χ4n) is 2.65. The number of carbonyl (C=O) groups is 1. The number of amides is 1. The number of hydrogen-bond donors (Lipinski definition) is 2. The predicted octanol–water partition coefficient (Wildman–Crippen LogP) is 4.26. The van der Waals surface area contributed by atoms with Crippen molar-refractivity contribution in [2.45, 2.75) is 20.0 Å². The van der Waals surface area contributed by atoms with Crippen LogP contribution in [0.4, 0.5) is 18.9 Å². The van der Waals surface area contributed by atoms with Crippen LogP contribution in [0.2, 0.25) is 0 Å². The van der Waals surface area contributed by atoms with Gasteiger partial charge in [-0.1, -0.05) is 12.1 Å². The quantitative estimate of drug-likeness (QED) is 0.686. The Morgan fingerprint density at radius 2 is 1.89 bits per heavy atom. The summed E-state index contributed by atoms with van der Waals surface area (Å²) in [7, 11) is 0. The second-order valence-corrected chi connectivity index (χ2v) is 6.12. The van der Waals surface area contributed by atoms with Crippen LogP contribution >= 0.6 is 0 Å². The van der Waals surface area contributed by atoms with E-state index in [0.717, 1.165) is 6.08 Å². The summed E-state index contributed by atoms with van der Waals surface area (Å²) >= 11 is 0. The van der Waals surface area contributed by atoms with Gasteiger partial charge in [0.1, 0.15) is 0 Å². The highest BCUT2D eigenvalue weighted by atomic mass is 19.3. The largest absolute Gasteiger partial charge is 0.392 e. The molecule has 0 aliphatic heterocycles. The summed E-state index contributed by atoms with van der Waals surface area (Å²) in [5, 5.41) is 11.8. The van der Waals surface area contributed by atoms with Gasteiger partial charge >= 0.3 is 0 Å². The van der Waals surface area contributed by atoms with Crippen molar-refractivity contribution < 1.29 is 23.1 Å². The van der Waals surface area contributed by atoms with E-state index in [9.17, 15) is 18.0 Å². The van der Waals surface area contributed by atoms with Crippen LogP contribution in [0.25, 0.3) is 17.1 Å². The first-order chi connectivity index (χ1) is 13.4. The zero-order valence-electron chi connectivity index (χ0n) is 14.8. The Morgan fingerprint density at radius 1 is 1.18 bits per heavy atom. The molecular formula is C20H16F3N3O2. The highest BCUT2D eigenvalue weighted by Gasteiger charge is 2.13. The monoisotopic (exact) mass is 387 g/mol. The average Bonchev–Trinajstić information content (AvgIpc) is 2.67. The van der Waals surface area contributed by atoms with Crippen molar-refractivity contribution in [1.82, 2.24) is 9.97 Å². The second kappa shape index (κ2) is 8.18. The SMILES string of the molecule is Cc1cc(C=C(F)C(F)F)ccc1C(=O)Nc1cnc2cc(CO)cnc2c1. The van der Waals surface area contributed by atoms with Crippen LogP contribution in [0, 0.1) is 6.92 Å². The number of aliphatic hydroxyl groups is 1. The van der Waals surface area contributed by atoms with E-state index in [0.29, 0.717) is 33.4 Å². The number of carbonyl (C=O) groups excluding carboxylic acids is 1. The number of allylic oxidation sites excluding steroid dienone is 1. The van der Waals surface area contributed by atoms with Crippen LogP contribution in [0.3, 0.4) is 0 Å². The Balaban J connectivity index is 1.81. The first kappa shape index (κ1) is 19.5. The van der Waals surface area contributed by atoms with Crippen molar-refractivity contribution >= 4 is 28.7 Å². The summed E-state index contributed by atoms with van der Waals surface area (Å²) < 4.78 is 37.6. The van der Waals surface area contributed by atoms with Crippen LogP contribution in [0.15, 0.2) is 48.6 Å². The fraction of sp³-hybridized carbons (Fsp3) is 0.150. The molecule has 1 amide bonds. The normalized spacial score (nSPS) is 11.9. The van der Waals surface area contributed by atoms with Gasteiger partial charge < -0.3 is 10.4 Å². The minimum atomic E-state index is -3.18. The molecule has 0 unspecified atom stereocenters. The fourth-order valence-corrected chi connectivity index (χ4v) is 2.65. The number of anilines is 1. The number of halogens is 3. The molecule has 2 N–H and O–H groups in total. The van der Waals surface area contributed by atoms with Gasteiger partial charge in [-0.3, -0.25) is 14.8 Å². The molecule has 0 saturated heterocycles. The Labute approximate surface area is 158 Å². The summed E-state index contributed by atoms with van der Waals surface area (Å²) in [6, 6.07) is 7.62. The van der Waals surface area contributed by atoms with E-state index in [-0.39, 0.29) is 12.2 Å². The molecule has 2 heterocycles. The second-order valence-electron chi connectivity index (χ2n) is 6.12. The van der Waals surface area contributed by atoms with Crippen molar-refractivity contribution in [2.75, 3.05) is 5.32 Å². The van der Waals surface area contributed by atoms with E-state index in [1.807, 2.05) is 0 Å². The van der Waals surface area contributed by atoms with E-state index in [1.165, 1.54) is 30.6 Å². The maximum Gasteiger partial charge on any atom is 0.289 e. The maximum absolute atomic E-state index is 13.1. The molecule has 0 radical (unpaired) electrons. The number of rotatable bonds is 5. The van der Waals surface area contributed by atoms with Crippen molar-refractivity contribution in [3.05, 3.63) is 70.8 Å². The number of nitrogens with one attached hydrogen (secondary N) is 1. The molecule has 0 atom stereocenters. The van der Waals surface area contributed by atoms with Crippen LogP contribution in [-0.4, -0.2) is 27.4 Å². The molecule has 0 aliphatic carbocycles. The Kier molecular flexibility index (Phi) is 5.70. The summed E-state index contributed by atoms with van der Waals surface area (Å²) in [5.74, 6) is -1.95. The Morgan fingerprint density at radius 3 is 2.57 bits per heavy atom. The van der Waals surface area contributed by atoms with E-state index in [2.05, 4.69) is 15.3 Å². The third-order valence-electron chi connectivity index (χ3n) is 4.04. The highest BCUT2D eigenvalue weighted by molar-refractivity contribution is 6.05. The van der Waals surface area contributed by atoms with Gasteiger partial charge in [0.15, 0.2) is 5.83 Å². The number of fused-ring (bicyclic) bond motifs is 1. The molecule has 0 fully saturated rings. The van der Waals surface area contributed by atoms with Crippen LogP contribution in [0.5, 0.6) is 0 Å². The minimum Gasteiger partial charge on any atom is -0.392 e. The molecule has 3 aromatic rings. The van der Waals surface area contributed by atoms with Crippen LogP contribution < -0.4 is 5.32 Å². The van der Waals surface area contributed by atoms with Crippen molar-refractivity contribution in [3.8, 4) is 0 Å². The number of nitrogens with zero attached hydrogens (tertiary/aromatic N) is 2. The predicted molar refractivity (Wildman–Crippen MR) is 99.7 cm³/mol. The Hall–Kier alpha value is -3.26. The Bertz CT molecular complexity index is 1070. The van der Waals surface area contributed by atoms with Crippen LogP contribution in [-0.2, 0) is 6.61 Å². The molecule has 28 heavy (non-hydrogen) atoms. The van der Waals surface area contributed by atoms with Crippen molar-refractivity contribution in [2.24, 2.45) is 0 Å². The number of pyridine rings is 2. The number of aromatic nitrogens is 2. The summed E-state index contributed by atoms with van der Waals surface area (Å²) in [6.07, 6.45) is 0.544. The zero-order chi connectivity index (χ0) is 20.3. The lowest BCUT2D eigenvalue weighted by Gasteiger charge is -2.09. The minimum absolute atomic E-state index is 0.144. The third-order valence-corrected chi connectivity index (χ3v) is 4.04. The summed E-state index contributed by atoms with van der Waals surface area (Å²) in [5.41, 5.74) is 3.25. The van der Waals surface area contributed by atoms with E-state index >= 15 is 0 Å². The lowest BCUT2D eigenvalue weighted by atomic mass is 10.0. The number of aryl methyl sites for hydroxylation is 1. The van der Waals surface area contributed by atoms with Gasteiger partial charge in [0.05, 0.1) is 29.5 Å². The van der Waals surface area contributed by atoms with E-state index < -0.39 is 18.2 Å². The molecule has 0 bridgehead atoms. The van der Waals surface area contributed by atoms with Crippen molar-refractivity contribution in [3.63, 3.8) is 0 Å². The van der Waals surface area contributed by atoms with Gasteiger partial charge in [-0.05, 0) is 47.9 Å². The highest BCUT2D eigenvalue weighted by Crippen LogP contribution is 2.20. The number of benzene rings is 1. The van der Waals surface area contributed by atoms with Gasteiger partial charge in [-0.25, -0.2) is 13.2 Å². The van der Waals surface area contributed by atoms with Gasteiger partial charge in [0.25, 0.3) is 12.3 Å². The van der Waals surface area contributed by atoms with E-state index in [1.54, 1.807) is 19.1 Å². The van der Waals surface area contributed by atoms with Gasteiger partial charge in [0, 0.05) is 11.8 Å². The lowest BCUT2D eigenvalue weighted by molar-refractivity contribution is 0.102. The maximum atomic E-state index is 13.1. The number of aliphatic hydroxyl groups excluding tert-OH is 1. The molecule has 0 saturated carbocycles. The van der Waals surface area contributed by atoms with Gasteiger partial charge in [-0.2, -0.15) is 0 Å². The zero-order valence-corrected chi connectivity index (χ0v) is 14.8. The molecule has 3 rings (SSSR count). The average molecular weight is 387 g/mol. The van der Waals surface area contributed by atoms with Gasteiger partial charge in [-0.15, -0.1) is 0 Å². The smallest absolute Gasteiger partial charge is 0.289 e. The molecule has 2 aromatic heterocycles. The van der Waals surface area contributed by atoms with Crippen molar-refractivity contribution in [1.29, 1.82) is 0 Å². The molecule has 1 aromatic carbocycles. The summed E-state index contributed by atoms with van der Waals surface area (Å²) in [6.45, 7) is 1.48. The first-order valence-electron chi connectivity index (χ1n) is 8.30. The first-order valence-corrected chi connectivity index (χ1v) is 8.30.